The van der Waals surface area contributed by atoms with Gasteiger partial charge in [0.05, 0.1) is 0 Å². The van der Waals surface area contributed by atoms with E-state index >= 15 is 0 Å². The minimum absolute atomic E-state index is 0.0153. The molecule has 3 nitrogen and oxygen atoms in total. The van der Waals surface area contributed by atoms with Crippen LogP contribution in [0.25, 0.3) is 0 Å². The minimum Gasteiger partial charge on any atom is -0.328 e. The first-order valence-corrected chi connectivity index (χ1v) is 7.00. The fourth-order valence-corrected chi connectivity index (χ4v) is 2.37. The van der Waals surface area contributed by atoms with Crippen LogP contribution in [0.2, 0.25) is 0 Å². The van der Waals surface area contributed by atoms with E-state index in [2.05, 4.69) is 0 Å². The number of rotatable bonds is 6. The quantitative estimate of drug-likeness (QED) is 0.727. The van der Waals surface area contributed by atoms with Crippen molar-refractivity contribution < 1.29 is 12.8 Å². The maximum atomic E-state index is 14.0. The monoisotopic (exact) mass is 223 g/mol. The number of halogens is 1. The van der Waals surface area contributed by atoms with Gasteiger partial charge in [-0.3, -0.25) is 0 Å². The fraction of sp³-hybridized carbons (Fsp3) is 1.00. The maximum absolute atomic E-state index is 14.0. The molecule has 1 aliphatic carbocycles. The summed E-state index contributed by atoms with van der Waals surface area (Å²) in [6, 6.07) is 0. The molecule has 0 heterocycles. The molecule has 0 amide bonds. The third kappa shape index (κ3) is 3.53. The van der Waals surface area contributed by atoms with Crippen LogP contribution in [-0.4, -0.2) is 32.6 Å². The van der Waals surface area contributed by atoms with Gasteiger partial charge in [-0.25, -0.2) is 12.8 Å². The SMILES string of the molecule is CS(=O)(=O)CCCC(F)(CN)C1CC1. The van der Waals surface area contributed by atoms with Crippen molar-refractivity contribution in [3.63, 3.8) is 0 Å². The molecule has 1 aliphatic rings. The highest BCUT2D eigenvalue weighted by molar-refractivity contribution is 7.90. The van der Waals surface area contributed by atoms with Crippen LogP contribution in [-0.2, 0) is 9.84 Å². The Hall–Kier alpha value is -0.160. The van der Waals surface area contributed by atoms with Crippen LogP contribution in [0.15, 0.2) is 0 Å². The summed E-state index contributed by atoms with van der Waals surface area (Å²) in [4.78, 5) is 0. The molecule has 0 aromatic rings. The van der Waals surface area contributed by atoms with E-state index in [1.165, 1.54) is 6.26 Å². The Bertz CT molecular complexity index is 287. The van der Waals surface area contributed by atoms with E-state index in [9.17, 15) is 12.8 Å². The van der Waals surface area contributed by atoms with Crippen molar-refractivity contribution >= 4 is 9.84 Å². The van der Waals surface area contributed by atoms with Crippen LogP contribution < -0.4 is 5.73 Å². The van der Waals surface area contributed by atoms with Crippen LogP contribution in [0.3, 0.4) is 0 Å². The van der Waals surface area contributed by atoms with Crippen molar-refractivity contribution in [3.05, 3.63) is 0 Å². The van der Waals surface area contributed by atoms with E-state index in [0.29, 0.717) is 6.42 Å². The van der Waals surface area contributed by atoms with Gasteiger partial charge in [0.25, 0.3) is 0 Å². The van der Waals surface area contributed by atoms with Crippen molar-refractivity contribution in [2.75, 3.05) is 18.6 Å². The second-order valence-corrected chi connectivity index (χ2v) is 6.51. The lowest BCUT2D eigenvalue weighted by atomic mass is 9.95. The number of alkyl halides is 1. The maximum Gasteiger partial charge on any atom is 0.147 e. The molecular formula is C9H18FNO2S. The lowest BCUT2D eigenvalue weighted by Crippen LogP contribution is -2.35. The molecule has 0 spiro atoms. The van der Waals surface area contributed by atoms with Crippen LogP contribution in [0.1, 0.15) is 25.7 Å². The van der Waals surface area contributed by atoms with Crippen LogP contribution >= 0.6 is 0 Å². The largest absolute Gasteiger partial charge is 0.328 e. The van der Waals surface area contributed by atoms with Gasteiger partial charge in [-0.15, -0.1) is 0 Å². The molecule has 0 aliphatic heterocycles. The van der Waals surface area contributed by atoms with Crippen molar-refractivity contribution in [2.24, 2.45) is 11.7 Å². The first-order valence-electron chi connectivity index (χ1n) is 4.94. The smallest absolute Gasteiger partial charge is 0.147 e. The van der Waals surface area contributed by atoms with Gasteiger partial charge >= 0.3 is 0 Å². The van der Waals surface area contributed by atoms with Gasteiger partial charge in [0.2, 0.25) is 0 Å². The number of sulfone groups is 1. The number of nitrogens with two attached hydrogens (primary N) is 1. The molecule has 0 saturated heterocycles. The second kappa shape index (κ2) is 4.14. The van der Waals surface area contributed by atoms with Crippen LogP contribution in [0.5, 0.6) is 0 Å². The molecule has 1 rings (SSSR count). The Morgan fingerprint density at radius 3 is 2.43 bits per heavy atom. The number of hydrogen-bond donors (Lipinski definition) is 1. The van der Waals surface area contributed by atoms with Crippen LogP contribution in [0.4, 0.5) is 4.39 Å². The van der Waals surface area contributed by atoms with Gasteiger partial charge in [0, 0.05) is 18.6 Å². The first kappa shape index (κ1) is 11.9. The Balaban J connectivity index is 2.34. The highest BCUT2D eigenvalue weighted by Gasteiger charge is 2.44. The summed E-state index contributed by atoms with van der Waals surface area (Å²) in [6.07, 6.45) is 3.62. The van der Waals surface area contributed by atoms with E-state index in [1.807, 2.05) is 0 Å². The fourth-order valence-electron chi connectivity index (χ4n) is 1.70. The van der Waals surface area contributed by atoms with Gasteiger partial charge in [-0.05, 0) is 31.6 Å². The van der Waals surface area contributed by atoms with E-state index < -0.39 is 15.5 Å². The van der Waals surface area contributed by atoms with E-state index in [-0.39, 0.29) is 24.6 Å². The zero-order valence-corrected chi connectivity index (χ0v) is 9.32. The van der Waals surface area contributed by atoms with Crippen LogP contribution in [0, 0.1) is 5.92 Å². The summed E-state index contributed by atoms with van der Waals surface area (Å²) in [7, 11) is -2.97. The molecule has 0 radical (unpaired) electrons. The molecule has 5 heteroatoms. The van der Waals surface area contributed by atoms with Gasteiger partial charge in [-0.1, -0.05) is 0 Å². The first-order chi connectivity index (χ1) is 6.37. The predicted octanol–water partition coefficient (Wildman–Crippen LogP) is 0.888. The zero-order chi connectivity index (χ0) is 10.8. The molecule has 84 valence electrons. The van der Waals surface area contributed by atoms with E-state index in [1.54, 1.807) is 0 Å². The summed E-state index contributed by atoms with van der Waals surface area (Å²) in [5.41, 5.74) is 4.06. The molecule has 14 heavy (non-hydrogen) atoms. The van der Waals surface area contributed by atoms with Crippen molar-refractivity contribution in [1.29, 1.82) is 0 Å². The molecule has 0 aromatic heterocycles. The lowest BCUT2D eigenvalue weighted by molar-refractivity contribution is 0.129. The molecule has 0 aromatic carbocycles. The highest BCUT2D eigenvalue weighted by Crippen LogP contribution is 2.44. The normalized spacial score (nSPS) is 21.9. The molecule has 2 N–H and O–H groups in total. The summed E-state index contributed by atoms with van der Waals surface area (Å²) in [6.45, 7) is 0.0153. The second-order valence-electron chi connectivity index (χ2n) is 4.25. The van der Waals surface area contributed by atoms with E-state index in [0.717, 1.165) is 12.8 Å². The Morgan fingerprint density at radius 2 is 2.07 bits per heavy atom. The van der Waals surface area contributed by atoms with E-state index in [4.69, 9.17) is 5.73 Å². The molecular weight excluding hydrogens is 205 g/mol. The Kier molecular flexibility index (Phi) is 3.53. The summed E-state index contributed by atoms with van der Waals surface area (Å²) < 4.78 is 35.6. The Morgan fingerprint density at radius 1 is 1.50 bits per heavy atom. The summed E-state index contributed by atoms with van der Waals surface area (Å²) in [5, 5.41) is 0. The third-order valence-electron chi connectivity index (χ3n) is 2.76. The summed E-state index contributed by atoms with van der Waals surface area (Å²) in [5.74, 6) is 0.137. The summed E-state index contributed by atoms with van der Waals surface area (Å²) >= 11 is 0. The van der Waals surface area contributed by atoms with Gasteiger partial charge in [-0.2, -0.15) is 0 Å². The molecule has 1 unspecified atom stereocenters. The third-order valence-corrected chi connectivity index (χ3v) is 3.79. The standard InChI is InChI=1S/C9H18FNO2S/c1-14(12,13)6-2-5-9(10,7-11)8-3-4-8/h8H,2-7,11H2,1H3. The predicted molar refractivity (Wildman–Crippen MR) is 54.6 cm³/mol. The average Bonchev–Trinajstić information content (AvgIpc) is 2.83. The van der Waals surface area contributed by atoms with Crippen molar-refractivity contribution in [2.45, 2.75) is 31.4 Å². The molecule has 1 atom stereocenters. The average molecular weight is 223 g/mol. The Labute approximate surface area is 84.8 Å². The van der Waals surface area contributed by atoms with Gasteiger partial charge in [0.15, 0.2) is 0 Å². The zero-order valence-electron chi connectivity index (χ0n) is 8.50. The molecule has 0 bridgehead atoms. The van der Waals surface area contributed by atoms with Crippen molar-refractivity contribution in [3.8, 4) is 0 Å². The van der Waals surface area contributed by atoms with Gasteiger partial charge in [0.1, 0.15) is 15.5 Å². The van der Waals surface area contributed by atoms with Crippen molar-refractivity contribution in [1.82, 2.24) is 0 Å². The molecule has 1 saturated carbocycles. The lowest BCUT2D eigenvalue weighted by Gasteiger charge is -2.22. The molecule has 1 fully saturated rings. The number of hydrogen-bond acceptors (Lipinski definition) is 3. The topological polar surface area (TPSA) is 60.2 Å². The van der Waals surface area contributed by atoms with Gasteiger partial charge < -0.3 is 5.73 Å². The highest BCUT2D eigenvalue weighted by atomic mass is 32.2. The minimum atomic E-state index is -2.97.